The SMILES string of the molecule is CCCN(CCC)S(=O)(=O)Nc1ccc2[nH]c(C)c(C3CCN(CC)CC3)c2c1. The Morgan fingerprint density at radius 1 is 1.14 bits per heavy atom. The average molecular weight is 421 g/mol. The molecule has 162 valence electrons. The lowest BCUT2D eigenvalue weighted by atomic mass is 9.87. The van der Waals surface area contributed by atoms with Crippen LogP contribution in [-0.4, -0.2) is 55.3 Å². The standard InChI is InChI=1S/C22H36N4O2S/c1-5-12-26(13-6-2)29(27,28)24-19-8-9-21-20(16-19)22(17(4)23-21)18-10-14-25(7-3)15-11-18/h8-9,16,18,23-24H,5-7,10-15H2,1-4H3. The molecule has 0 saturated carbocycles. The Hall–Kier alpha value is -1.57. The number of anilines is 1. The molecule has 0 bridgehead atoms. The van der Waals surface area contributed by atoms with Crippen molar-refractivity contribution >= 4 is 26.8 Å². The second-order valence-corrected chi connectivity index (χ2v) is 9.81. The monoisotopic (exact) mass is 420 g/mol. The fourth-order valence-corrected chi connectivity index (χ4v) is 5.94. The fourth-order valence-electron chi connectivity index (χ4n) is 4.54. The van der Waals surface area contributed by atoms with E-state index in [-0.39, 0.29) is 0 Å². The van der Waals surface area contributed by atoms with Crippen molar-refractivity contribution in [3.8, 4) is 0 Å². The van der Waals surface area contributed by atoms with Crippen LogP contribution in [0.4, 0.5) is 5.69 Å². The van der Waals surface area contributed by atoms with Gasteiger partial charge in [-0.2, -0.15) is 12.7 Å². The van der Waals surface area contributed by atoms with Gasteiger partial charge in [0.1, 0.15) is 0 Å². The summed E-state index contributed by atoms with van der Waals surface area (Å²) in [6.45, 7) is 12.8. The van der Waals surface area contributed by atoms with Gasteiger partial charge in [0, 0.05) is 29.7 Å². The summed E-state index contributed by atoms with van der Waals surface area (Å²) >= 11 is 0. The van der Waals surface area contributed by atoms with E-state index >= 15 is 0 Å². The number of benzene rings is 1. The molecule has 7 heteroatoms. The molecule has 1 aliphatic rings. The molecule has 1 fully saturated rings. The summed E-state index contributed by atoms with van der Waals surface area (Å²) < 4.78 is 30.1. The topological polar surface area (TPSA) is 68.4 Å². The molecular formula is C22H36N4O2S. The molecule has 1 aromatic heterocycles. The summed E-state index contributed by atoms with van der Waals surface area (Å²) in [6, 6.07) is 5.86. The first kappa shape index (κ1) is 22.1. The van der Waals surface area contributed by atoms with Gasteiger partial charge >= 0.3 is 10.2 Å². The first-order valence-electron chi connectivity index (χ1n) is 11.0. The minimum atomic E-state index is -3.54. The van der Waals surface area contributed by atoms with Crippen LogP contribution in [0.1, 0.15) is 63.6 Å². The van der Waals surface area contributed by atoms with Crippen molar-refractivity contribution in [2.75, 3.05) is 37.4 Å². The molecule has 2 aromatic rings. The molecule has 0 radical (unpaired) electrons. The molecule has 0 aliphatic carbocycles. The molecule has 1 saturated heterocycles. The van der Waals surface area contributed by atoms with Crippen LogP contribution in [0.5, 0.6) is 0 Å². The van der Waals surface area contributed by atoms with Crippen molar-refractivity contribution in [3.63, 3.8) is 0 Å². The van der Waals surface area contributed by atoms with Crippen LogP contribution in [0.15, 0.2) is 18.2 Å². The first-order valence-corrected chi connectivity index (χ1v) is 12.5. The second-order valence-electron chi connectivity index (χ2n) is 8.14. The summed E-state index contributed by atoms with van der Waals surface area (Å²) in [4.78, 5) is 6.00. The van der Waals surface area contributed by atoms with Crippen LogP contribution in [0.25, 0.3) is 10.9 Å². The van der Waals surface area contributed by atoms with Gasteiger partial charge in [0.2, 0.25) is 0 Å². The smallest absolute Gasteiger partial charge is 0.301 e. The van der Waals surface area contributed by atoms with Crippen molar-refractivity contribution in [2.24, 2.45) is 0 Å². The van der Waals surface area contributed by atoms with E-state index in [1.54, 1.807) is 4.31 Å². The second kappa shape index (κ2) is 9.49. The van der Waals surface area contributed by atoms with Crippen molar-refractivity contribution in [3.05, 3.63) is 29.5 Å². The number of piperidine rings is 1. The van der Waals surface area contributed by atoms with Crippen molar-refractivity contribution in [2.45, 2.75) is 59.3 Å². The van der Waals surface area contributed by atoms with E-state index in [0.29, 0.717) is 24.7 Å². The highest BCUT2D eigenvalue weighted by Gasteiger charge is 2.25. The number of aromatic nitrogens is 1. The Balaban J connectivity index is 1.88. The number of rotatable bonds is 9. The normalized spacial score (nSPS) is 16.7. The molecule has 1 aromatic carbocycles. The lowest BCUT2D eigenvalue weighted by molar-refractivity contribution is 0.222. The molecule has 0 atom stereocenters. The van der Waals surface area contributed by atoms with E-state index in [1.165, 1.54) is 11.3 Å². The van der Waals surface area contributed by atoms with Crippen LogP contribution in [0, 0.1) is 6.92 Å². The summed E-state index contributed by atoms with van der Waals surface area (Å²) in [7, 11) is -3.54. The zero-order valence-electron chi connectivity index (χ0n) is 18.3. The number of hydrogen-bond acceptors (Lipinski definition) is 3. The van der Waals surface area contributed by atoms with E-state index in [2.05, 4.69) is 28.5 Å². The molecule has 1 aliphatic heterocycles. The predicted octanol–water partition coefficient (Wildman–Crippen LogP) is 4.45. The van der Waals surface area contributed by atoms with Crippen LogP contribution in [-0.2, 0) is 10.2 Å². The maximum atomic E-state index is 12.9. The molecule has 3 rings (SSSR count). The zero-order valence-corrected chi connectivity index (χ0v) is 19.1. The van der Waals surface area contributed by atoms with Crippen LogP contribution in [0.3, 0.4) is 0 Å². The largest absolute Gasteiger partial charge is 0.358 e. The summed E-state index contributed by atoms with van der Waals surface area (Å²) in [5, 5.41) is 1.15. The molecule has 0 spiro atoms. The predicted molar refractivity (Wildman–Crippen MR) is 122 cm³/mol. The van der Waals surface area contributed by atoms with Gasteiger partial charge in [-0.05, 0) is 81.9 Å². The number of H-pyrrole nitrogens is 1. The summed E-state index contributed by atoms with van der Waals surface area (Å²) in [5.41, 5.74) is 4.28. The molecule has 29 heavy (non-hydrogen) atoms. The number of likely N-dealkylation sites (tertiary alicyclic amines) is 1. The average Bonchev–Trinajstić information content (AvgIpc) is 3.02. The fraction of sp³-hybridized carbons (Fsp3) is 0.636. The number of fused-ring (bicyclic) bond motifs is 1. The van der Waals surface area contributed by atoms with Gasteiger partial charge in [0.25, 0.3) is 0 Å². The van der Waals surface area contributed by atoms with Gasteiger partial charge in [-0.25, -0.2) is 0 Å². The van der Waals surface area contributed by atoms with Crippen LogP contribution < -0.4 is 4.72 Å². The van der Waals surface area contributed by atoms with Gasteiger partial charge in [-0.3, -0.25) is 4.72 Å². The van der Waals surface area contributed by atoms with Crippen LogP contribution >= 0.6 is 0 Å². The maximum Gasteiger partial charge on any atom is 0.301 e. The minimum absolute atomic E-state index is 0.523. The lowest BCUT2D eigenvalue weighted by Crippen LogP contribution is -2.37. The zero-order chi connectivity index (χ0) is 21.0. The third-order valence-corrected chi connectivity index (χ3v) is 7.55. The summed E-state index contributed by atoms with van der Waals surface area (Å²) in [5.74, 6) is 0.523. The number of nitrogens with zero attached hydrogens (tertiary/aromatic N) is 2. The third kappa shape index (κ3) is 4.95. The highest BCUT2D eigenvalue weighted by atomic mass is 32.2. The minimum Gasteiger partial charge on any atom is -0.358 e. The summed E-state index contributed by atoms with van der Waals surface area (Å²) in [6.07, 6.45) is 3.91. The molecule has 6 nitrogen and oxygen atoms in total. The van der Waals surface area contributed by atoms with E-state index in [1.807, 2.05) is 32.0 Å². The van der Waals surface area contributed by atoms with E-state index in [4.69, 9.17) is 0 Å². The molecule has 0 amide bonds. The lowest BCUT2D eigenvalue weighted by Gasteiger charge is -2.31. The molecule has 2 N–H and O–H groups in total. The Labute approximate surface area is 175 Å². The number of hydrogen-bond donors (Lipinski definition) is 2. The van der Waals surface area contributed by atoms with E-state index in [0.717, 1.165) is 56.2 Å². The Morgan fingerprint density at radius 2 is 1.79 bits per heavy atom. The Bertz CT molecular complexity index is 908. The van der Waals surface area contributed by atoms with Gasteiger partial charge < -0.3 is 9.88 Å². The van der Waals surface area contributed by atoms with Crippen LogP contribution in [0.2, 0.25) is 0 Å². The number of aryl methyl sites for hydroxylation is 1. The third-order valence-electron chi connectivity index (χ3n) is 6.01. The molecular weight excluding hydrogens is 384 g/mol. The van der Waals surface area contributed by atoms with E-state index in [9.17, 15) is 8.42 Å². The number of nitrogens with one attached hydrogen (secondary N) is 2. The Morgan fingerprint density at radius 3 is 2.38 bits per heavy atom. The van der Waals surface area contributed by atoms with Crippen molar-refractivity contribution in [1.29, 1.82) is 0 Å². The van der Waals surface area contributed by atoms with Gasteiger partial charge in [0.05, 0.1) is 5.69 Å². The number of aromatic amines is 1. The molecule has 2 heterocycles. The highest BCUT2D eigenvalue weighted by molar-refractivity contribution is 7.90. The highest BCUT2D eigenvalue weighted by Crippen LogP contribution is 2.36. The van der Waals surface area contributed by atoms with Gasteiger partial charge in [-0.15, -0.1) is 0 Å². The van der Waals surface area contributed by atoms with Gasteiger partial charge in [-0.1, -0.05) is 20.8 Å². The van der Waals surface area contributed by atoms with Gasteiger partial charge in [0.15, 0.2) is 0 Å². The Kier molecular flexibility index (Phi) is 7.24. The van der Waals surface area contributed by atoms with E-state index < -0.39 is 10.2 Å². The maximum absolute atomic E-state index is 12.9. The van der Waals surface area contributed by atoms with Crippen molar-refractivity contribution < 1.29 is 8.42 Å². The molecule has 0 unspecified atom stereocenters. The van der Waals surface area contributed by atoms with Crippen molar-refractivity contribution in [1.82, 2.24) is 14.2 Å². The quantitative estimate of drug-likeness (QED) is 0.629. The first-order chi connectivity index (χ1) is 13.9.